The number of nitrogens with one attached hydrogen (secondary N) is 4. The lowest BCUT2D eigenvalue weighted by atomic mass is 9.98. The van der Waals surface area contributed by atoms with Crippen molar-refractivity contribution in [2.45, 2.75) is 44.6 Å². The van der Waals surface area contributed by atoms with E-state index in [4.69, 9.17) is 11.1 Å². The minimum Gasteiger partial charge on any atom is -0.508 e. The monoisotopic (exact) mass is 567 g/mol. The Kier molecular flexibility index (Phi) is 10.4. The maximum atomic E-state index is 13.5. The maximum absolute atomic E-state index is 13.5. The highest BCUT2D eigenvalue weighted by Gasteiger charge is 2.32. The molecule has 3 aromatic rings. The zero-order valence-electron chi connectivity index (χ0n) is 22.4. The SMILES string of the molecule is CCC(C)[C@@H](NS(=O)(=O)Cc1ccccc1)C(=O)N[C@H](C(=O)NCc1ccc(C(=N)N)cc1)c1ccc(O)cc1.[HH]. The third-order valence-electron chi connectivity index (χ3n) is 6.51. The van der Waals surface area contributed by atoms with Gasteiger partial charge < -0.3 is 21.5 Å². The average Bonchev–Trinajstić information content (AvgIpc) is 2.94. The number of carbonyl (C=O) groups is 2. The maximum Gasteiger partial charge on any atom is 0.247 e. The standard InChI is InChI=1S/C29H35N5O5S.H2/c1-3-19(2)25(34-40(38,39)18-21-7-5-4-6-8-21)29(37)33-26(22-13-15-24(35)16-14-22)28(36)32-17-20-9-11-23(12-10-20)27(30)31;/h4-16,19,25-26,34-35H,3,17-18H2,1-2H3,(H3,30,31)(H,32,36)(H,33,37);1H/t19?,25-,26+;/m1./s1. The highest BCUT2D eigenvalue weighted by atomic mass is 32.2. The molecular weight excluding hydrogens is 530 g/mol. The van der Waals surface area contributed by atoms with Gasteiger partial charge in [-0.1, -0.05) is 87.0 Å². The quantitative estimate of drug-likeness (QED) is 0.137. The van der Waals surface area contributed by atoms with Crippen molar-refractivity contribution < 1.29 is 24.5 Å². The van der Waals surface area contributed by atoms with Gasteiger partial charge in [-0.25, -0.2) is 13.1 Å². The van der Waals surface area contributed by atoms with Gasteiger partial charge in [0.1, 0.15) is 23.7 Å². The first kappa shape index (κ1) is 30.3. The second kappa shape index (κ2) is 13.7. The van der Waals surface area contributed by atoms with E-state index in [1.165, 1.54) is 24.3 Å². The fraction of sp³-hybridized carbons (Fsp3) is 0.276. The number of sulfonamides is 1. The lowest BCUT2D eigenvalue weighted by Crippen LogP contribution is -2.52. The number of amides is 2. The number of benzene rings is 3. The minimum absolute atomic E-state index is 0. The molecule has 40 heavy (non-hydrogen) atoms. The van der Waals surface area contributed by atoms with Crippen molar-refractivity contribution in [3.8, 4) is 5.75 Å². The van der Waals surface area contributed by atoms with Crippen LogP contribution in [0.5, 0.6) is 5.75 Å². The summed E-state index contributed by atoms with van der Waals surface area (Å²) in [6, 6.07) is 19.0. The number of aromatic hydroxyl groups is 1. The van der Waals surface area contributed by atoms with Crippen molar-refractivity contribution in [1.82, 2.24) is 15.4 Å². The van der Waals surface area contributed by atoms with Crippen LogP contribution < -0.4 is 21.1 Å². The van der Waals surface area contributed by atoms with E-state index in [2.05, 4.69) is 15.4 Å². The van der Waals surface area contributed by atoms with E-state index < -0.39 is 33.9 Å². The van der Waals surface area contributed by atoms with E-state index >= 15 is 0 Å². The Morgan fingerprint density at radius 3 is 2.15 bits per heavy atom. The van der Waals surface area contributed by atoms with Crippen LogP contribution in [0.3, 0.4) is 0 Å². The number of nitrogens with two attached hydrogens (primary N) is 1. The van der Waals surface area contributed by atoms with Crippen LogP contribution in [0.1, 0.15) is 50.0 Å². The summed E-state index contributed by atoms with van der Waals surface area (Å²) in [5, 5.41) is 22.7. The van der Waals surface area contributed by atoms with Gasteiger partial charge in [0.2, 0.25) is 21.8 Å². The van der Waals surface area contributed by atoms with Gasteiger partial charge in [0.05, 0.1) is 5.75 Å². The van der Waals surface area contributed by atoms with Gasteiger partial charge in [-0.15, -0.1) is 0 Å². The predicted octanol–water partition coefficient (Wildman–Crippen LogP) is 2.93. The summed E-state index contributed by atoms with van der Waals surface area (Å²) in [5.41, 5.74) is 7.78. The number of carbonyl (C=O) groups excluding carboxylic acids is 2. The third kappa shape index (κ3) is 8.65. The van der Waals surface area contributed by atoms with E-state index in [1.54, 1.807) is 61.5 Å². The van der Waals surface area contributed by atoms with Crippen molar-refractivity contribution in [2.24, 2.45) is 11.7 Å². The Bertz CT molecular complexity index is 1420. The molecule has 0 aliphatic heterocycles. The molecule has 10 nitrogen and oxygen atoms in total. The number of phenolic OH excluding ortho intramolecular Hbond substituents is 1. The summed E-state index contributed by atoms with van der Waals surface area (Å²) in [7, 11) is -3.88. The molecule has 0 heterocycles. The zero-order valence-corrected chi connectivity index (χ0v) is 23.2. The molecule has 3 rings (SSSR count). The summed E-state index contributed by atoms with van der Waals surface area (Å²) in [6.07, 6.45) is 0.512. The van der Waals surface area contributed by atoms with Crippen LogP contribution in [-0.4, -0.2) is 37.2 Å². The third-order valence-corrected chi connectivity index (χ3v) is 7.83. The topological polar surface area (TPSA) is 174 Å². The van der Waals surface area contributed by atoms with E-state index in [1.807, 2.05) is 6.92 Å². The van der Waals surface area contributed by atoms with E-state index in [-0.39, 0.29) is 31.2 Å². The zero-order chi connectivity index (χ0) is 29.3. The first-order chi connectivity index (χ1) is 19.0. The van der Waals surface area contributed by atoms with Crippen molar-refractivity contribution >= 4 is 27.7 Å². The first-order valence-corrected chi connectivity index (χ1v) is 14.5. The van der Waals surface area contributed by atoms with Gasteiger partial charge in [0, 0.05) is 13.5 Å². The summed E-state index contributed by atoms with van der Waals surface area (Å²) in [4.78, 5) is 26.8. The van der Waals surface area contributed by atoms with Crippen LogP contribution >= 0.6 is 0 Å². The normalized spacial score (nSPS) is 13.6. The molecule has 0 aromatic heterocycles. The lowest BCUT2D eigenvalue weighted by molar-refractivity contribution is -0.130. The van der Waals surface area contributed by atoms with Gasteiger partial charge in [-0.05, 0) is 34.7 Å². The Labute approximate surface area is 236 Å². The molecule has 0 saturated carbocycles. The van der Waals surface area contributed by atoms with Crippen LogP contribution in [-0.2, 0) is 31.9 Å². The van der Waals surface area contributed by atoms with E-state index in [0.29, 0.717) is 23.1 Å². The molecule has 214 valence electrons. The molecule has 0 bridgehead atoms. The number of hydrogen-bond donors (Lipinski definition) is 6. The first-order valence-electron chi connectivity index (χ1n) is 12.8. The number of hydrogen-bond acceptors (Lipinski definition) is 6. The van der Waals surface area contributed by atoms with Gasteiger partial charge in [-0.2, -0.15) is 0 Å². The predicted molar refractivity (Wildman–Crippen MR) is 156 cm³/mol. The molecule has 3 atom stereocenters. The van der Waals surface area contributed by atoms with Gasteiger partial charge in [0.25, 0.3) is 0 Å². The fourth-order valence-electron chi connectivity index (χ4n) is 3.99. The Hall–Kier alpha value is -4.22. The highest BCUT2D eigenvalue weighted by molar-refractivity contribution is 7.88. The number of rotatable bonds is 13. The molecule has 0 fully saturated rings. The van der Waals surface area contributed by atoms with Crippen LogP contribution in [0.4, 0.5) is 0 Å². The molecule has 7 N–H and O–H groups in total. The Morgan fingerprint density at radius 1 is 0.950 bits per heavy atom. The summed E-state index contributed by atoms with van der Waals surface area (Å²) in [6.45, 7) is 3.74. The fourth-order valence-corrected chi connectivity index (χ4v) is 5.43. The van der Waals surface area contributed by atoms with Gasteiger partial charge in [-0.3, -0.25) is 15.0 Å². The lowest BCUT2D eigenvalue weighted by Gasteiger charge is -2.26. The van der Waals surface area contributed by atoms with Crippen LogP contribution in [0, 0.1) is 11.3 Å². The molecule has 0 saturated heterocycles. The average molecular weight is 568 g/mol. The molecule has 0 aliphatic rings. The van der Waals surface area contributed by atoms with Gasteiger partial charge >= 0.3 is 0 Å². The largest absolute Gasteiger partial charge is 0.508 e. The van der Waals surface area contributed by atoms with Gasteiger partial charge in [0.15, 0.2) is 0 Å². The van der Waals surface area contributed by atoms with Crippen LogP contribution in [0.25, 0.3) is 0 Å². The second-order valence-corrected chi connectivity index (χ2v) is 11.3. The van der Waals surface area contributed by atoms with Crippen molar-refractivity contribution in [2.75, 3.05) is 0 Å². The van der Waals surface area contributed by atoms with Crippen LogP contribution in [0.15, 0.2) is 78.9 Å². The summed E-state index contributed by atoms with van der Waals surface area (Å²) in [5.74, 6) is -1.91. The van der Waals surface area contributed by atoms with Crippen molar-refractivity contribution in [3.05, 3.63) is 101 Å². The summed E-state index contributed by atoms with van der Waals surface area (Å²) < 4.78 is 28.5. The highest BCUT2D eigenvalue weighted by Crippen LogP contribution is 2.20. The number of amidine groups is 1. The number of phenols is 1. The Balaban J connectivity index is 0.00000588. The molecule has 1 unspecified atom stereocenters. The number of nitrogen functional groups attached to an aromatic ring is 1. The molecular formula is C29H37N5O5S. The van der Waals surface area contributed by atoms with E-state index in [0.717, 1.165) is 5.56 Å². The molecule has 11 heteroatoms. The van der Waals surface area contributed by atoms with Crippen LogP contribution in [0.2, 0.25) is 0 Å². The van der Waals surface area contributed by atoms with E-state index in [9.17, 15) is 23.1 Å². The smallest absolute Gasteiger partial charge is 0.247 e. The molecule has 0 radical (unpaired) electrons. The molecule has 2 amide bonds. The van der Waals surface area contributed by atoms with Crippen molar-refractivity contribution in [1.29, 1.82) is 5.41 Å². The second-order valence-electron chi connectivity index (χ2n) is 9.59. The Morgan fingerprint density at radius 2 is 1.57 bits per heavy atom. The molecule has 0 spiro atoms. The minimum atomic E-state index is -3.88. The van der Waals surface area contributed by atoms with Crippen molar-refractivity contribution in [3.63, 3.8) is 0 Å². The molecule has 0 aliphatic carbocycles. The molecule has 3 aromatic carbocycles. The summed E-state index contributed by atoms with van der Waals surface area (Å²) >= 11 is 0.